The van der Waals surface area contributed by atoms with Crippen LogP contribution in [0, 0.1) is 5.92 Å². The van der Waals surface area contributed by atoms with Gasteiger partial charge in [0, 0.05) is 31.0 Å². The van der Waals surface area contributed by atoms with Crippen molar-refractivity contribution >= 4 is 37.0 Å². The van der Waals surface area contributed by atoms with Gasteiger partial charge in [0.1, 0.15) is 6.61 Å². The average Bonchev–Trinajstić information content (AvgIpc) is 2.68. The number of amides is 1. The number of hydrogen-bond donors (Lipinski definition) is 3. The van der Waals surface area contributed by atoms with Gasteiger partial charge in [0.25, 0.3) is 0 Å². The van der Waals surface area contributed by atoms with Crippen molar-refractivity contribution in [1.29, 1.82) is 0 Å². The maximum Gasteiger partial charge on any atom is 0.244 e. The molecule has 0 saturated heterocycles. The highest BCUT2D eigenvalue weighted by Crippen LogP contribution is 2.28. The predicted octanol–water partition coefficient (Wildman–Crippen LogP) is 3.72. The Kier molecular flexibility index (Phi) is 12.1. The first-order chi connectivity index (χ1) is 13.1. The number of carbonyl (C=O) groups is 1. The Morgan fingerprint density at radius 3 is 2.64 bits per heavy atom. The van der Waals surface area contributed by atoms with Gasteiger partial charge < -0.3 is 20.1 Å². The summed E-state index contributed by atoms with van der Waals surface area (Å²) in [4.78, 5) is 12.1. The Morgan fingerprint density at radius 2 is 1.96 bits per heavy atom. The van der Waals surface area contributed by atoms with Gasteiger partial charge in [-0.3, -0.25) is 4.79 Å². The average molecular weight is 429 g/mol. The minimum Gasteiger partial charge on any atom is -0.493 e. The van der Waals surface area contributed by atoms with Crippen LogP contribution in [0.5, 0.6) is 11.5 Å². The van der Waals surface area contributed by atoms with Crippen LogP contribution < -0.4 is 20.1 Å². The zero-order chi connectivity index (χ0) is 19.5. The van der Waals surface area contributed by atoms with E-state index in [9.17, 15) is 4.79 Å². The van der Waals surface area contributed by atoms with Gasteiger partial charge in [-0.25, -0.2) is 0 Å². The van der Waals surface area contributed by atoms with Crippen LogP contribution in [0.2, 0.25) is 0 Å². The fourth-order valence-electron chi connectivity index (χ4n) is 3.17. The van der Waals surface area contributed by atoms with Gasteiger partial charge in [0.15, 0.2) is 11.5 Å². The number of methoxy groups -OCH3 is 1. The molecule has 7 heteroatoms. The minimum atomic E-state index is -0.0379. The van der Waals surface area contributed by atoms with Crippen molar-refractivity contribution in [2.24, 2.45) is 5.92 Å². The fourth-order valence-corrected chi connectivity index (χ4v) is 3.33. The fraction of sp³-hybridized carbons (Fsp3) is 0.571. The Hall–Kier alpha value is -1.37. The van der Waals surface area contributed by atoms with E-state index in [2.05, 4.69) is 30.2 Å². The van der Waals surface area contributed by atoms with Gasteiger partial charge in [-0.15, -0.1) is 12.4 Å². The largest absolute Gasteiger partial charge is 0.493 e. The molecule has 0 radical (unpaired) electrons. The van der Waals surface area contributed by atoms with Crippen LogP contribution in [-0.2, 0) is 4.79 Å². The standard InChI is InChI=1S/C21H32N2O3S.ClH/c1-16-3-7-18(8-4-16)23-21(24)10-6-17-5-9-19(20(15-17)25-2)26-13-11-22-12-14-27;/h5-6,9-10,15-16,18,22,27H,3-4,7-8,11-14H2,1-2H3,(H,23,24);1H. The third kappa shape index (κ3) is 8.76. The van der Waals surface area contributed by atoms with Crippen LogP contribution in [0.4, 0.5) is 0 Å². The Labute approximate surface area is 180 Å². The summed E-state index contributed by atoms with van der Waals surface area (Å²) in [5.74, 6) is 2.90. The quantitative estimate of drug-likeness (QED) is 0.302. The lowest BCUT2D eigenvalue weighted by atomic mass is 9.87. The van der Waals surface area contributed by atoms with Crippen molar-refractivity contribution in [2.45, 2.75) is 38.6 Å². The number of benzene rings is 1. The minimum absolute atomic E-state index is 0. The maximum absolute atomic E-state index is 12.1. The molecule has 1 fully saturated rings. The van der Waals surface area contributed by atoms with Crippen LogP contribution in [0.3, 0.4) is 0 Å². The number of hydrogen-bond acceptors (Lipinski definition) is 5. The lowest BCUT2D eigenvalue weighted by molar-refractivity contribution is -0.117. The lowest BCUT2D eigenvalue weighted by Crippen LogP contribution is -2.36. The van der Waals surface area contributed by atoms with Crippen molar-refractivity contribution in [2.75, 3.05) is 32.6 Å². The van der Waals surface area contributed by atoms with Gasteiger partial charge in [-0.05, 0) is 55.4 Å². The van der Waals surface area contributed by atoms with E-state index in [-0.39, 0.29) is 18.3 Å². The lowest BCUT2D eigenvalue weighted by Gasteiger charge is -2.26. The number of rotatable bonds is 10. The SMILES string of the molecule is COc1cc(C=CC(=O)NC2CCC(C)CC2)ccc1OCCNCCS.Cl. The van der Waals surface area contributed by atoms with E-state index < -0.39 is 0 Å². The van der Waals surface area contributed by atoms with Gasteiger partial charge in [0.05, 0.1) is 7.11 Å². The molecule has 1 aromatic carbocycles. The molecule has 0 unspecified atom stereocenters. The first-order valence-corrected chi connectivity index (χ1v) is 10.4. The molecule has 0 spiro atoms. The molecule has 5 nitrogen and oxygen atoms in total. The molecule has 1 aromatic rings. The van der Waals surface area contributed by atoms with Crippen LogP contribution >= 0.6 is 25.0 Å². The molecule has 0 heterocycles. The number of carbonyl (C=O) groups excluding carboxylic acids is 1. The van der Waals surface area contributed by atoms with E-state index in [1.807, 2.05) is 18.2 Å². The molecule has 1 aliphatic rings. The summed E-state index contributed by atoms with van der Waals surface area (Å²) < 4.78 is 11.2. The molecule has 2 N–H and O–H groups in total. The second-order valence-electron chi connectivity index (χ2n) is 7.03. The van der Waals surface area contributed by atoms with E-state index >= 15 is 0 Å². The first kappa shape index (κ1) is 24.7. The summed E-state index contributed by atoms with van der Waals surface area (Å²) in [7, 11) is 1.62. The van der Waals surface area contributed by atoms with E-state index in [1.165, 1.54) is 12.8 Å². The number of nitrogens with one attached hydrogen (secondary N) is 2. The highest BCUT2D eigenvalue weighted by Gasteiger charge is 2.18. The van der Waals surface area contributed by atoms with Crippen LogP contribution in [0.15, 0.2) is 24.3 Å². The number of halogens is 1. The molecule has 0 atom stereocenters. The monoisotopic (exact) mass is 428 g/mol. The molecular weight excluding hydrogens is 396 g/mol. The second-order valence-corrected chi connectivity index (χ2v) is 7.48. The highest BCUT2D eigenvalue weighted by atomic mass is 35.5. The van der Waals surface area contributed by atoms with E-state index in [1.54, 1.807) is 19.3 Å². The van der Waals surface area contributed by atoms with Crippen LogP contribution in [0.25, 0.3) is 6.08 Å². The topological polar surface area (TPSA) is 59.6 Å². The first-order valence-electron chi connectivity index (χ1n) is 9.73. The molecule has 0 bridgehead atoms. The summed E-state index contributed by atoms with van der Waals surface area (Å²) in [6.07, 6.45) is 7.93. The summed E-state index contributed by atoms with van der Waals surface area (Å²) >= 11 is 4.15. The van der Waals surface area contributed by atoms with Gasteiger partial charge in [-0.1, -0.05) is 13.0 Å². The van der Waals surface area contributed by atoms with Crippen molar-refractivity contribution in [1.82, 2.24) is 10.6 Å². The van der Waals surface area contributed by atoms with Gasteiger partial charge in [0.2, 0.25) is 5.91 Å². The Bertz CT molecular complexity index is 620. The summed E-state index contributed by atoms with van der Waals surface area (Å²) in [6, 6.07) is 5.98. The summed E-state index contributed by atoms with van der Waals surface area (Å²) in [5.41, 5.74) is 0.903. The molecule has 0 aromatic heterocycles. The normalized spacial score (nSPS) is 19.1. The smallest absolute Gasteiger partial charge is 0.244 e. The molecular formula is C21H33ClN2O3S. The third-order valence-corrected chi connectivity index (χ3v) is 5.03. The zero-order valence-corrected chi connectivity index (χ0v) is 18.5. The maximum atomic E-state index is 12.1. The highest BCUT2D eigenvalue weighted by molar-refractivity contribution is 7.80. The molecule has 1 aliphatic carbocycles. The van der Waals surface area contributed by atoms with E-state index in [4.69, 9.17) is 9.47 Å². The molecule has 0 aliphatic heterocycles. The molecule has 1 amide bonds. The van der Waals surface area contributed by atoms with Crippen molar-refractivity contribution in [3.05, 3.63) is 29.8 Å². The molecule has 158 valence electrons. The van der Waals surface area contributed by atoms with E-state index in [0.717, 1.165) is 43.2 Å². The Balaban J connectivity index is 0.00000392. The molecule has 28 heavy (non-hydrogen) atoms. The zero-order valence-electron chi connectivity index (χ0n) is 16.8. The Morgan fingerprint density at radius 1 is 1.21 bits per heavy atom. The van der Waals surface area contributed by atoms with Crippen molar-refractivity contribution in [3.8, 4) is 11.5 Å². The number of thiol groups is 1. The van der Waals surface area contributed by atoms with Gasteiger partial charge >= 0.3 is 0 Å². The van der Waals surface area contributed by atoms with E-state index in [0.29, 0.717) is 24.1 Å². The second kappa shape index (κ2) is 13.7. The molecule has 1 saturated carbocycles. The van der Waals surface area contributed by atoms with Crippen molar-refractivity contribution < 1.29 is 14.3 Å². The third-order valence-electron chi connectivity index (χ3n) is 4.80. The summed E-state index contributed by atoms with van der Waals surface area (Å²) in [6.45, 7) is 4.44. The van der Waals surface area contributed by atoms with Gasteiger partial charge in [-0.2, -0.15) is 12.6 Å². The predicted molar refractivity (Wildman–Crippen MR) is 121 cm³/mol. The molecule has 2 rings (SSSR count). The van der Waals surface area contributed by atoms with Crippen LogP contribution in [0.1, 0.15) is 38.2 Å². The number of ether oxygens (including phenoxy) is 2. The van der Waals surface area contributed by atoms with Crippen molar-refractivity contribution in [3.63, 3.8) is 0 Å². The van der Waals surface area contributed by atoms with Crippen LogP contribution in [-0.4, -0.2) is 44.5 Å². The summed E-state index contributed by atoms with van der Waals surface area (Å²) in [5, 5.41) is 6.33.